The molecule has 0 saturated heterocycles. The molecule has 0 radical (unpaired) electrons. The molecule has 1 aromatic rings. The first-order valence-electron chi connectivity index (χ1n) is 3.90. The van der Waals surface area contributed by atoms with Gasteiger partial charge in [-0.15, -0.1) is 0 Å². The first-order valence-corrected chi connectivity index (χ1v) is 4.82. The molecule has 0 aliphatic carbocycles. The standard InChI is InChI=1S/C11H11Br/c12-10-6-2-5-9-11-7-3-1-4-8-11/h1,3-10H,2H2. The van der Waals surface area contributed by atoms with Crippen LogP contribution in [0, 0.1) is 0 Å². The van der Waals surface area contributed by atoms with E-state index in [9.17, 15) is 0 Å². The Kier molecular flexibility index (Phi) is 4.47. The highest BCUT2D eigenvalue weighted by Crippen LogP contribution is 2.02. The van der Waals surface area contributed by atoms with Crippen LogP contribution in [0.25, 0.3) is 6.08 Å². The Morgan fingerprint density at radius 3 is 2.50 bits per heavy atom. The van der Waals surface area contributed by atoms with Crippen molar-refractivity contribution >= 4 is 22.0 Å². The summed E-state index contributed by atoms with van der Waals surface area (Å²) in [4.78, 5) is 1.88. The molecule has 1 aromatic carbocycles. The van der Waals surface area contributed by atoms with Crippen LogP contribution in [-0.4, -0.2) is 0 Å². The lowest BCUT2D eigenvalue weighted by Gasteiger charge is -1.88. The van der Waals surface area contributed by atoms with E-state index in [0.717, 1.165) is 6.42 Å². The van der Waals surface area contributed by atoms with Crippen LogP contribution in [0.15, 0.2) is 47.5 Å². The summed E-state index contributed by atoms with van der Waals surface area (Å²) < 4.78 is 0. The third kappa shape index (κ3) is 3.54. The van der Waals surface area contributed by atoms with Crippen LogP contribution in [0.1, 0.15) is 12.0 Å². The molecule has 0 nitrogen and oxygen atoms in total. The van der Waals surface area contributed by atoms with Gasteiger partial charge in [-0.1, -0.05) is 64.5 Å². The monoisotopic (exact) mass is 222 g/mol. The Morgan fingerprint density at radius 2 is 1.83 bits per heavy atom. The molecule has 0 spiro atoms. The third-order valence-electron chi connectivity index (χ3n) is 1.47. The summed E-state index contributed by atoms with van der Waals surface area (Å²) in [5.74, 6) is 0. The molecule has 0 saturated carbocycles. The van der Waals surface area contributed by atoms with Crippen molar-refractivity contribution < 1.29 is 0 Å². The van der Waals surface area contributed by atoms with E-state index in [1.807, 2.05) is 23.2 Å². The molecule has 0 amide bonds. The summed E-state index contributed by atoms with van der Waals surface area (Å²) in [5, 5.41) is 0. The quantitative estimate of drug-likeness (QED) is 0.726. The maximum absolute atomic E-state index is 3.22. The van der Waals surface area contributed by atoms with Gasteiger partial charge in [-0.2, -0.15) is 0 Å². The Balaban J connectivity index is 2.47. The average Bonchev–Trinajstić information content (AvgIpc) is 2.14. The van der Waals surface area contributed by atoms with E-state index >= 15 is 0 Å². The lowest BCUT2D eigenvalue weighted by Crippen LogP contribution is -1.67. The fourth-order valence-corrected chi connectivity index (χ4v) is 1.11. The van der Waals surface area contributed by atoms with Crippen LogP contribution < -0.4 is 0 Å². The zero-order valence-corrected chi connectivity index (χ0v) is 8.37. The highest BCUT2D eigenvalue weighted by atomic mass is 79.9. The number of allylic oxidation sites excluding steroid dienone is 2. The molecule has 0 aromatic heterocycles. The fraction of sp³-hybridized carbons (Fsp3) is 0.0909. The van der Waals surface area contributed by atoms with Crippen molar-refractivity contribution in [2.45, 2.75) is 6.42 Å². The van der Waals surface area contributed by atoms with Crippen molar-refractivity contribution in [3.05, 3.63) is 53.0 Å². The molecular weight excluding hydrogens is 212 g/mol. The van der Waals surface area contributed by atoms with Gasteiger partial charge >= 0.3 is 0 Å². The minimum atomic E-state index is 0.972. The summed E-state index contributed by atoms with van der Waals surface area (Å²) in [7, 11) is 0. The predicted molar refractivity (Wildman–Crippen MR) is 58.2 cm³/mol. The van der Waals surface area contributed by atoms with E-state index in [4.69, 9.17) is 0 Å². The first kappa shape index (κ1) is 9.27. The number of rotatable bonds is 3. The highest BCUT2D eigenvalue weighted by molar-refractivity contribution is 9.11. The Labute approximate surface area is 81.7 Å². The minimum absolute atomic E-state index is 0.972. The second-order valence-corrected chi connectivity index (χ2v) is 2.94. The summed E-state index contributed by atoms with van der Waals surface area (Å²) in [6.07, 6.45) is 7.28. The first-order chi connectivity index (χ1) is 5.93. The van der Waals surface area contributed by atoms with Gasteiger partial charge in [0.2, 0.25) is 0 Å². The van der Waals surface area contributed by atoms with Crippen molar-refractivity contribution in [3.8, 4) is 0 Å². The van der Waals surface area contributed by atoms with Crippen molar-refractivity contribution in [2.75, 3.05) is 0 Å². The SMILES string of the molecule is BrC=CCC=Cc1ccccc1. The fourth-order valence-electron chi connectivity index (χ4n) is 0.898. The van der Waals surface area contributed by atoms with Crippen molar-refractivity contribution in [1.29, 1.82) is 0 Å². The van der Waals surface area contributed by atoms with Crippen molar-refractivity contribution in [2.24, 2.45) is 0 Å². The molecule has 0 heterocycles. The van der Waals surface area contributed by atoms with Crippen LogP contribution >= 0.6 is 15.9 Å². The van der Waals surface area contributed by atoms with Crippen LogP contribution in [0.3, 0.4) is 0 Å². The van der Waals surface area contributed by atoms with Gasteiger partial charge in [-0.3, -0.25) is 0 Å². The van der Waals surface area contributed by atoms with Gasteiger partial charge in [-0.05, 0) is 17.0 Å². The summed E-state index contributed by atoms with van der Waals surface area (Å²) in [5.41, 5.74) is 1.25. The molecule has 0 N–H and O–H groups in total. The molecular formula is C11H11Br. The number of hydrogen-bond donors (Lipinski definition) is 0. The van der Waals surface area contributed by atoms with Gasteiger partial charge in [-0.25, -0.2) is 0 Å². The lowest BCUT2D eigenvalue weighted by atomic mass is 10.2. The van der Waals surface area contributed by atoms with Gasteiger partial charge < -0.3 is 0 Å². The highest BCUT2D eigenvalue weighted by Gasteiger charge is 1.79. The predicted octanol–water partition coefficient (Wildman–Crippen LogP) is 4.00. The Morgan fingerprint density at radius 1 is 1.08 bits per heavy atom. The van der Waals surface area contributed by atoms with E-state index < -0.39 is 0 Å². The average molecular weight is 223 g/mol. The third-order valence-corrected chi connectivity index (χ3v) is 1.84. The van der Waals surface area contributed by atoms with Gasteiger partial charge in [0.15, 0.2) is 0 Å². The zero-order valence-electron chi connectivity index (χ0n) is 6.78. The van der Waals surface area contributed by atoms with Crippen LogP contribution in [0.5, 0.6) is 0 Å². The summed E-state index contributed by atoms with van der Waals surface area (Å²) in [6.45, 7) is 0. The largest absolute Gasteiger partial charge is 0.0801 e. The maximum atomic E-state index is 3.22. The van der Waals surface area contributed by atoms with E-state index in [-0.39, 0.29) is 0 Å². The van der Waals surface area contributed by atoms with E-state index in [1.54, 1.807) is 0 Å². The van der Waals surface area contributed by atoms with Crippen LogP contribution in [0.4, 0.5) is 0 Å². The van der Waals surface area contributed by atoms with E-state index in [1.165, 1.54) is 5.56 Å². The summed E-state index contributed by atoms with van der Waals surface area (Å²) in [6, 6.07) is 10.3. The van der Waals surface area contributed by atoms with E-state index in [0.29, 0.717) is 0 Å². The van der Waals surface area contributed by atoms with Crippen molar-refractivity contribution in [3.63, 3.8) is 0 Å². The molecule has 62 valence electrons. The van der Waals surface area contributed by atoms with Gasteiger partial charge in [0, 0.05) is 0 Å². The van der Waals surface area contributed by atoms with Crippen LogP contribution in [0.2, 0.25) is 0 Å². The van der Waals surface area contributed by atoms with Gasteiger partial charge in [0.1, 0.15) is 0 Å². The molecule has 0 aliphatic rings. The number of halogens is 1. The zero-order chi connectivity index (χ0) is 8.65. The number of hydrogen-bond acceptors (Lipinski definition) is 0. The molecule has 1 heteroatoms. The number of benzene rings is 1. The smallest absolute Gasteiger partial charge is 0.0158 e. The topological polar surface area (TPSA) is 0 Å². The Bertz CT molecular complexity index is 260. The van der Waals surface area contributed by atoms with Gasteiger partial charge in [0.25, 0.3) is 0 Å². The van der Waals surface area contributed by atoms with E-state index in [2.05, 4.69) is 46.3 Å². The lowest BCUT2D eigenvalue weighted by molar-refractivity contribution is 1.42. The molecule has 0 fully saturated rings. The molecule has 1 rings (SSSR count). The summed E-state index contributed by atoms with van der Waals surface area (Å²) >= 11 is 3.22. The Hall–Kier alpha value is -0.820. The molecule has 0 bridgehead atoms. The second-order valence-electron chi connectivity index (χ2n) is 2.41. The van der Waals surface area contributed by atoms with Gasteiger partial charge in [0.05, 0.1) is 0 Å². The normalized spacial score (nSPS) is 11.4. The molecule has 0 unspecified atom stereocenters. The molecule has 0 aliphatic heterocycles. The molecule has 12 heavy (non-hydrogen) atoms. The van der Waals surface area contributed by atoms with Crippen molar-refractivity contribution in [1.82, 2.24) is 0 Å². The second kappa shape index (κ2) is 5.78. The maximum Gasteiger partial charge on any atom is -0.0158 e. The minimum Gasteiger partial charge on any atom is -0.0801 e. The van der Waals surface area contributed by atoms with Crippen LogP contribution in [-0.2, 0) is 0 Å². The molecule has 0 atom stereocenters.